The van der Waals surface area contributed by atoms with Crippen molar-refractivity contribution in [2.45, 2.75) is 23.8 Å². The Labute approximate surface area is 155 Å². The highest BCUT2D eigenvalue weighted by molar-refractivity contribution is 7.94. The molecular formula is C20H24N2O3S. The topological polar surface area (TPSA) is 49.9 Å². The van der Waals surface area contributed by atoms with Gasteiger partial charge in [0.15, 0.2) is 0 Å². The van der Waals surface area contributed by atoms with Crippen molar-refractivity contribution in [3.8, 4) is 0 Å². The monoisotopic (exact) mass is 372 g/mol. The van der Waals surface area contributed by atoms with E-state index in [1.807, 2.05) is 48.5 Å². The molecule has 138 valence electrons. The summed E-state index contributed by atoms with van der Waals surface area (Å²) in [6, 6.07) is 19.5. The number of likely N-dealkylation sites (tertiary alicyclic amines) is 1. The van der Waals surface area contributed by atoms with Crippen LogP contribution in [0, 0.1) is 0 Å². The number of hydrogen-bond donors (Lipinski definition) is 0. The molecule has 0 aromatic heterocycles. The van der Waals surface area contributed by atoms with E-state index in [0.29, 0.717) is 25.2 Å². The normalized spacial score (nSPS) is 28.0. The minimum atomic E-state index is -3.50. The third-order valence-corrected chi connectivity index (χ3v) is 8.21. The summed E-state index contributed by atoms with van der Waals surface area (Å²) < 4.78 is 33.4. The van der Waals surface area contributed by atoms with Crippen LogP contribution in [0.25, 0.3) is 0 Å². The molecule has 2 aliphatic rings. The van der Waals surface area contributed by atoms with E-state index in [4.69, 9.17) is 4.74 Å². The van der Waals surface area contributed by atoms with Crippen molar-refractivity contribution in [3.05, 3.63) is 66.2 Å². The lowest BCUT2D eigenvalue weighted by Crippen LogP contribution is -2.48. The first-order valence-corrected chi connectivity index (χ1v) is 10.4. The minimum absolute atomic E-state index is 0.325. The van der Waals surface area contributed by atoms with Gasteiger partial charge in [-0.15, -0.1) is 0 Å². The number of anilines is 1. The molecule has 0 N–H and O–H groups in total. The van der Waals surface area contributed by atoms with Gasteiger partial charge < -0.3 is 4.74 Å². The smallest absolute Gasteiger partial charge is 0.244 e. The van der Waals surface area contributed by atoms with Crippen LogP contribution in [0.15, 0.2) is 60.7 Å². The lowest BCUT2D eigenvalue weighted by atomic mass is 10.0. The Kier molecular flexibility index (Phi) is 4.50. The van der Waals surface area contributed by atoms with E-state index in [1.54, 1.807) is 7.11 Å². The van der Waals surface area contributed by atoms with Crippen LogP contribution >= 0.6 is 0 Å². The zero-order valence-electron chi connectivity index (χ0n) is 14.9. The number of nitrogens with zero attached hydrogens (tertiary/aromatic N) is 2. The third kappa shape index (κ3) is 2.73. The molecule has 2 fully saturated rings. The molecule has 2 aromatic carbocycles. The molecule has 4 rings (SSSR count). The molecule has 2 aromatic rings. The Morgan fingerprint density at radius 2 is 1.73 bits per heavy atom. The molecule has 2 heterocycles. The average molecular weight is 372 g/mol. The van der Waals surface area contributed by atoms with E-state index in [9.17, 15) is 8.42 Å². The van der Waals surface area contributed by atoms with Gasteiger partial charge in [-0.3, -0.25) is 9.21 Å². The maximum absolute atomic E-state index is 13.5. The maximum Gasteiger partial charge on any atom is 0.244 e. The molecule has 6 heteroatoms. The second-order valence-corrected chi connectivity index (χ2v) is 9.31. The van der Waals surface area contributed by atoms with Crippen LogP contribution in [0.1, 0.15) is 12.0 Å². The van der Waals surface area contributed by atoms with Gasteiger partial charge in [-0.2, -0.15) is 0 Å². The van der Waals surface area contributed by atoms with E-state index in [1.165, 1.54) is 9.87 Å². The number of methoxy groups -OCH3 is 1. The fourth-order valence-corrected chi connectivity index (χ4v) is 6.63. The number of sulfonamides is 1. The molecule has 0 unspecified atom stereocenters. The summed E-state index contributed by atoms with van der Waals surface area (Å²) in [5, 5.41) is 0. The lowest BCUT2D eigenvalue weighted by molar-refractivity contribution is 0.0819. The van der Waals surface area contributed by atoms with E-state index < -0.39 is 14.8 Å². The van der Waals surface area contributed by atoms with Crippen molar-refractivity contribution < 1.29 is 13.2 Å². The van der Waals surface area contributed by atoms with Crippen molar-refractivity contribution in [1.29, 1.82) is 0 Å². The third-order valence-electron chi connectivity index (χ3n) is 5.64. The first kappa shape index (κ1) is 17.5. The van der Waals surface area contributed by atoms with Crippen molar-refractivity contribution in [2.75, 3.05) is 31.0 Å². The van der Waals surface area contributed by atoms with E-state index in [0.717, 1.165) is 13.1 Å². The summed E-state index contributed by atoms with van der Waals surface area (Å²) in [5.74, 6) is 0. The molecule has 5 nitrogen and oxygen atoms in total. The summed E-state index contributed by atoms with van der Waals surface area (Å²) >= 11 is 0. The fourth-order valence-electron chi connectivity index (χ4n) is 4.26. The predicted octanol–water partition coefficient (Wildman–Crippen LogP) is 2.50. The van der Waals surface area contributed by atoms with Gasteiger partial charge in [0.1, 0.15) is 4.75 Å². The number of benzene rings is 2. The summed E-state index contributed by atoms with van der Waals surface area (Å²) in [6.45, 7) is 2.41. The minimum Gasteiger partial charge on any atom is -0.378 e. The molecular weight excluding hydrogens is 348 g/mol. The summed E-state index contributed by atoms with van der Waals surface area (Å²) in [4.78, 5) is 2.23. The Balaban J connectivity index is 1.62. The van der Waals surface area contributed by atoms with Crippen LogP contribution in [0.3, 0.4) is 0 Å². The molecule has 0 amide bonds. The van der Waals surface area contributed by atoms with Crippen LogP contribution in [-0.4, -0.2) is 50.9 Å². The molecule has 0 aliphatic carbocycles. The molecule has 2 aliphatic heterocycles. The largest absolute Gasteiger partial charge is 0.378 e. The average Bonchev–Trinajstić information content (AvgIpc) is 3.17. The SMILES string of the molecule is CO[C@H]1CN(c2ccccc2)S(=O)(=O)[C@@]12CCN(Cc1ccccc1)C2. The van der Waals surface area contributed by atoms with Gasteiger partial charge in [-0.1, -0.05) is 48.5 Å². The van der Waals surface area contributed by atoms with Gasteiger partial charge in [0, 0.05) is 26.7 Å². The quantitative estimate of drug-likeness (QED) is 0.827. The summed E-state index contributed by atoms with van der Waals surface area (Å²) in [5.41, 5.74) is 1.92. The van der Waals surface area contributed by atoms with Crippen molar-refractivity contribution >= 4 is 15.7 Å². The number of para-hydroxylation sites is 1. The van der Waals surface area contributed by atoms with Crippen LogP contribution in [0.5, 0.6) is 0 Å². The van der Waals surface area contributed by atoms with Crippen molar-refractivity contribution in [3.63, 3.8) is 0 Å². The second-order valence-electron chi connectivity index (χ2n) is 7.11. The standard InChI is InChI=1S/C20H24N2O3S/c1-25-19-15-22(18-10-6-3-7-11-18)26(23,24)20(19)12-13-21(16-20)14-17-8-4-2-5-9-17/h2-11,19H,12-16H2,1H3/t19-,20+/m0/s1. The number of ether oxygens (including phenoxy) is 1. The van der Waals surface area contributed by atoms with Crippen molar-refractivity contribution in [1.82, 2.24) is 4.90 Å². The van der Waals surface area contributed by atoms with Crippen LogP contribution in [0.2, 0.25) is 0 Å². The molecule has 0 saturated carbocycles. The molecule has 2 saturated heterocycles. The lowest BCUT2D eigenvalue weighted by Gasteiger charge is -2.28. The zero-order chi connectivity index (χ0) is 18.2. The van der Waals surface area contributed by atoms with Crippen molar-refractivity contribution in [2.24, 2.45) is 0 Å². The highest BCUT2D eigenvalue weighted by atomic mass is 32.2. The van der Waals surface area contributed by atoms with Crippen LogP contribution in [0.4, 0.5) is 5.69 Å². The summed E-state index contributed by atoms with van der Waals surface area (Å²) in [6.07, 6.45) is 0.276. The zero-order valence-corrected chi connectivity index (χ0v) is 15.7. The second kappa shape index (κ2) is 6.68. The molecule has 0 bridgehead atoms. The van der Waals surface area contributed by atoms with E-state index in [-0.39, 0.29) is 6.10 Å². The Bertz CT molecular complexity index is 857. The number of rotatable bonds is 4. The van der Waals surface area contributed by atoms with Gasteiger partial charge in [0.2, 0.25) is 10.0 Å². The van der Waals surface area contributed by atoms with Gasteiger partial charge in [0.25, 0.3) is 0 Å². The van der Waals surface area contributed by atoms with E-state index >= 15 is 0 Å². The molecule has 2 atom stereocenters. The molecule has 0 radical (unpaired) electrons. The van der Waals surface area contributed by atoms with Gasteiger partial charge in [0.05, 0.1) is 18.3 Å². The van der Waals surface area contributed by atoms with Gasteiger partial charge in [-0.25, -0.2) is 8.42 Å². The Morgan fingerprint density at radius 1 is 1.08 bits per heavy atom. The van der Waals surface area contributed by atoms with Gasteiger partial charge in [-0.05, 0) is 24.1 Å². The Morgan fingerprint density at radius 3 is 2.38 bits per heavy atom. The Hall–Kier alpha value is -1.89. The predicted molar refractivity (Wildman–Crippen MR) is 103 cm³/mol. The molecule has 26 heavy (non-hydrogen) atoms. The number of hydrogen-bond acceptors (Lipinski definition) is 4. The van der Waals surface area contributed by atoms with E-state index in [2.05, 4.69) is 17.0 Å². The highest BCUT2D eigenvalue weighted by Crippen LogP contribution is 2.44. The first-order chi connectivity index (χ1) is 12.6. The van der Waals surface area contributed by atoms with Gasteiger partial charge >= 0.3 is 0 Å². The maximum atomic E-state index is 13.5. The van der Waals surface area contributed by atoms with Crippen LogP contribution in [-0.2, 0) is 21.3 Å². The fraction of sp³-hybridized carbons (Fsp3) is 0.400. The van der Waals surface area contributed by atoms with Crippen LogP contribution < -0.4 is 4.31 Å². The first-order valence-electron chi connectivity index (χ1n) is 8.93. The highest BCUT2D eigenvalue weighted by Gasteiger charge is 2.62. The summed E-state index contributed by atoms with van der Waals surface area (Å²) in [7, 11) is -1.88. The molecule has 1 spiro atoms.